The van der Waals surface area contributed by atoms with Gasteiger partial charge < -0.3 is 19.9 Å². The van der Waals surface area contributed by atoms with Gasteiger partial charge in [-0.25, -0.2) is 0 Å². The van der Waals surface area contributed by atoms with Gasteiger partial charge in [-0.05, 0) is 49.8 Å². The smallest absolute Gasteiger partial charge is 0.378 e. The predicted molar refractivity (Wildman–Crippen MR) is 127 cm³/mol. The number of nitrogens with zero attached hydrogens (tertiary/aromatic N) is 4. The molecular weight excluding hydrogens is 459 g/mol. The fourth-order valence-corrected chi connectivity index (χ4v) is 4.44. The topological polar surface area (TPSA) is 60.9 Å². The van der Waals surface area contributed by atoms with Crippen LogP contribution in [0.25, 0.3) is 0 Å². The molecule has 3 heterocycles. The summed E-state index contributed by atoms with van der Waals surface area (Å²) in [5.74, 6) is -0.271. The lowest BCUT2D eigenvalue weighted by Gasteiger charge is -2.40. The molecule has 7 nitrogen and oxygen atoms in total. The number of carbonyl (C=O) groups excluding carboxylic acids is 1. The highest BCUT2D eigenvalue weighted by Gasteiger charge is 2.34. The van der Waals surface area contributed by atoms with E-state index in [0.717, 1.165) is 44.5 Å². The van der Waals surface area contributed by atoms with Crippen LogP contribution in [0, 0.1) is 0 Å². The lowest BCUT2D eigenvalue weighted by molar-refractivity contribution is -0.140. The summed E-state index contributed by atoms with van der Waals surface area (Å²) in [4.78, 5) is 22.9. The molecule has 1 N–H and O–H groups in total. The second kappa shape index (κ2) is 10.9. The Morgan fingerprint density at radius 3 is 2.69 bits per heavy atom. The summed E-state index contributed by atoms with van der Waals surface area (Å²) in [6, 6.07) is 8.78. The van der Waals surface area contributed by atoms with Crippen molar-refractivity contribution in [3.63, 3.8) is 0 Å². The number of fused-ring (bicyclic) bond motifs is 1. The molecule has 0 saturated carbocycles. The molecule has 4 rings (SSSR count). The summed E-state index contributed by atoms with van der Waals surface area (Å²) < 4.78 is 45.7. The summed E-state index contributed by atoms with van der Waals surface area (Å²) in [7, 11) is 3.72. The van der Waals surface area contributed by atoms with E-state index in [1.165, 1.54) is 28.3 Å². The van der Waals surface area contributed by atoms with Crippen molar-refractivity contribution in [1.82, 2.24) is 19.7 Å². The van der Waals surface area contributed by atoms with Gasteiger partial charge in [0.25, 0.3) is 0 Å². The van der Waals surface area contributed by atoms with Gasteiger partial charge in [-0.15, -0.1) is 0 Å². The molecule has 0 aliphatic carbocycles. The minimum atomic E-state index is -4.53. The van der Waals surface area contributed by atoms with Gasteiger partial charge in [-0.1, -0.05) is 12.1 Å². The van der Waals surface area contributed by atoms with E-state index in [1.807, 2.05) is 31.1 Å². The SMILES string of the molecule is CN(C)CCN(Cc1ncccc1C(F)(F)F)C(=O)CNc1cccc2c1CCN(C1COC1)C2. The Balaban J connectivity index is 1.45. The third kappa shape index (κ3) is 6.31. The van der Waals surface area contributed by atoms with E-state index in [2.05, 4.69) is 21.3 Å². The monoisotopic (exact) mass is 491 g/mol. The number of carbonyl (C=O) groups is 1. The number of amides is 1. The standard InChI is InChI=1S/C25H32F3N5O2/c1-31(2)11-12-33(15-23-21(25(26,27)28)6-4-9-29-23)24(34)13-30-22-7-3-5-18-14-32(10-8-20(18)22)19-16-35-17-19/h3-7,9,19,30H,8,10-17H2,1-2H3. The van der Waals surface area contributed by atoms with Crippen LogP contribution in [-0.2, 0) is 35.2 Å². The van der Waals surface area contributed by atoms with Crippen molar-refractivity contribution < 1.29 is 22.7 Å². The lowest BCUT2D eigenvalue weighted by atomic mass is 9.96. The Labute approximate surface area is 203 Å². The number of pyridine rings is 1. The predicted octanol–water partition coefficient (Wildman–Crippen LogP) is 2.86. The van der Waals surface area contributed by atoms with Crippen LogP contribution in [0.2, 0.25) is 0 Å². The van der Waals surface area contributed by atoms with Crippen molar-refractivity contribution in [1.29, 1.82) is 0 Å². The Hall–Kier alpha value is -2.69. The number of aromatic nitrogens is 1. The molecule has 2 aliphatic heterocycles. The molecule has 0 spiro atoms. The number of benzene rings is 1. The van der Waals surface area contributed by atoms with Gasteiger partial charge >= 0.3 is 6.18 Å². The maximum Gasteiger partial charge on any atom is 0.418 e. The normalized spacial score (nSPS) is 16.6. The molecule has 2 aromatic rings. The Morgan fingerprint density at radius 2 is 2.00 bits per heavy atom. The molecule has 0 atom stereocenters. The molecule has 190 valence electrons. The highest BCUT2D eigenvalue weighted by atomic mass is 19.4. The zero-order chi connectivity index (χ0) is 25.0. The van der Waals surface area contributed by atoms with Crippen molar-refractivity contribution in [3.05, 3.63) is 58.9 Å². The van der Waals surface area contributed by atoms with Gasteiger partial charge in [0.1, 0.15) is 0 Å². The van der Waals surface area contributed by atoms with E-state index in [-0.39, 0.29) is 24.7 Å². The maximum atomic E-state index is 13.5. The van der Waals surface area contributed by atoms with Crippen molar-refractivity contribution in [2.75, 3.05) is 58.8 Å². The van der Waals surface area contributed by atoms with Crippen molar-refractivity contribution >= 4 is 11.6 Å². The molecule has 1 aromatic heterocycles. The lowest BCUT2D eigenvalue weighted by Crippen LogP contribution is -2.50. The van der Waals surface area contributed by atoms with Gasteiger partial charge in [0.05, 0.1) is 43.6 Å². The largest absolute Gasteiger partial charge is 0.418 e. The zero-order valence-corrected chi connectivity index (χ0v) is 20.1. The first kappa shape index (κ1) is 25.4. The number of nitrogens with one attached hydrogen (secondary N) is 1. The zero-order valence-electron chi connectivity index (χ0n) is 20.1. The van der Waals surface area contributed by atoms with Crippen LogP contribution in [0.4, 0.5) is 18.9 Å². The number of hydrogen-bond donors (Lipinski definition) is 1. The Morgan fingerprint density at radius 1 is 1.20 bits per heavy atom. The summed E-state index contributed by atoms with van der Waals surface area (Å²) in [5.41, 5.74) is 2.37. The summed E-state index contributed by atoms with van der Waals surface area (Å²) in [6.07, 6.45) is -2.33. The van der Waals surface area contributed by atoms with Gasteiger partial charge in [-0.3, -0.25) is 14.7 Å². The fraction of sp³-hybridized carbons (Fsp3) is 0.520. The quantitative estimate of drug-likeness (QED) is 0.582. The van der Waals surface area contributed by atoms with Gasteiger partial charge in [0, 0.05) is 38.1 Å². The second-order valence-corrected chi connectivity index (χ2v) is 9.32. The van der Waals surface area contributed by atoms with Gasteiger partial charge in [0.15, 0.2) is 0 Å². The van der Waals surface area contributed by atoms with E-state index >= 15 is 0 Å². The van der Waals surface area contributed by atoms with Crippen LogP contribution in [0.5, 0.6) is 0 Å². The van der Waals surface area contributed by atoms with Crippen LogP contribution in [0.3, 0.4) is 0 Å². The highest BCUT2D eigenvalue weighted by Crippen LogP contribution is 2.32. The highest BCUT2D eigenvalue weighted by molar-refractivity contribution is 5.81. The van der Waals surface area contributed by atoms with Crippen LogP contribution in [0.15, 0.2) is 36.5 Å². The first-order valence-corrected chi connectivity index (χ1v) is 11.8. The molecule has 1 saturated heterocycles. The Bertz CT molecular complexity index is 1030. The van der Waals surface area contributed by atoms with Crippen LogP contribution in [-0.4, -0.2) is 85.1 Å². The van der Waals surface area contributed by atoms with Crippen molar-refractivity contribution in [2.24, 2.45) is 0 Å². The molecular formula is C25H32F3N5O2. The minimum Gasteiger partial charge on any atom is -0.378 e. The molecule has 10 heteroatoms. The summed E-state index contributed by atoms with van der Waals surface area (Å²) >= 11 is 0. The molecule has 0 bridgehead atoms. The van der Waals surface area contributed by atoms with Crippen LogP contribution in [0.1, 0.15) is 22.4 Å². The molecule has 2 aliphatic rings. The maximum absolute atomic E-state index is 13.5. The average molecular weight is 492 g/mol. The number of halogens is 3. The first-order valence-electron chi connectivity index (χ1n) is 11.8. The number of hydrogen-bond acceptors (Lipinski definition) is 6. The number of rotatable bonds is 9. The summed E-state index contributed by atoms with van der Waals surface area (Å²) in [6.45, 7) is 3.96. The number of anilines is 1. The third-order valence-electron chi connectivity index (χ3n) is 6.57. The second-order valence-electron chi connectivity index (χ2n) is 9.32. The van der Waals surface area contributed by atoms with E-state index < -0.39 is 11.7 Å². The number of likely N-dealkylation sites (N-methyl/N-ethyl adjacent to an activating group) is 1. The van der Waals surface area contributed by atoms with Crippen LogP contribution >= 0.6 is 0 Å². The first-order chi connectivity index (χ1) is 16.7. The molecule has 0 radical (unpaired) electrons. The van der Waals surface area contributed by atoms with E-state index in [1.54, 1.807) is 0 Å². The molecule has 1 fully saturated rings. The summed E-state index contributed by atoms with van der Waals surface area (Å²) in [5, 5.41) is 3.25. The van der Waals surface area contributed by atoms with Crippen molar-refractivity contribution in [3.8, 4) is 0 Å². The molecule has 35 heavy (non-hydrogen) atoms. The molecule has 1 aromatic carbocycles. The van der Waals surface area contributed by atoms with E-state index in [9.17, 15) is 18.0 Å². The van der Waals surface area contributed by atoms with Crippen LogP contribution < -0.4 is 5.32 Å². The molecule has 0 unspecified atom stereocenters. The number of ether oxygens (including phenoxy) is 1. The fourth-order valence-electron chi connectivity index (χ4n) is 4.44. The van der Waals surface area contributed by atoms with Gasteiger partial charge in [0.2, 0.25) is 5.91 Å². The van der Waals surface area contributed by atoms with E-state index in [0.29, 0.717) is 19.1 Å². The molecule has 1 amide bonds. The average Bonchev–Trinajstić information content (AvgIpc) is 2.78. The Kier molecular flexibility index (Phi) is 7.93. The van der Waals surface area contributed by atoms with E-state index in [4.69, 9.17) is 4.74 Å². The van der Waals surface area contributed by atoms with Gasteiger partial charge in [-0.2, -0.15) is 13.2 Å². The third-order valence-corrected chi connectivity index (χ3v) is 6.57. The van der Waals surface area contributed by atoms with Crippen molar-refractivity contribution in [2.45, 2.75) is 31.7 Å². The number of alkyl halides is 3. The minimum absolute atomic E-state index is 0.00174.